The van der Waals surface area contributed by atoms with Crippen LogP contribution in [-0.4, -0.2) is 4.92 Å². The van der Waals surface area contributed by atoms with Crippen molar-refractivity contribution in [2.75, 3.05) is 0 Å². The molecule has 0 aliphatic rings. The van der Waals surface area contributed by atoms with E-state index in [9.17, 15) is 10.1 Å². The highest BCUT2D eigenvalue weighted by molar-refractivity contribution is 5.55. The predicted molar refractivity (Wildman–Crippen MR) is 144 cm³/mol. The number of nitrogens with zero attached hydrogens (tertiary/aromatic N) is 1. The highest BCUT2D eigenvalue weighted by Gasteiger charge is 2.40. The predicted octanol–water partition coefficient (Wildman–Crippen LogP) is 7.54. The van der Waals surface area contributed by atoms with E-state index in [1.165, 1.54) is 6.07 Å². The Hall–Kier alpha value is -4.90. The van der Waals surface area contributed by atoms with Gasteiger partial charge in [0.1, 0.15) is 12.4 Å². The first kappa shape index (κ1) is 23.8. The number of rotatable bonds is 9. The van der Waals surface area contributed by atoms with Gasteiger partial charge < -0.3 is 9.47 Å². The third-order valence-corrected chi connectivity index (χ3v) is 6.18. The van der Waals surface area contributed by atoms with Crippen molar-refractivity contribution in [2.45, 2.75) is 12.2 Å². The number of ether oxygens (including phenoxy) is 2. The van der Waals surface area contributed by atoms with Crippen LogP contribution in [0.4, 0.5) is 5.69 Å². The summed E-state index contributed by atoms with van der Waals surface area (Å²) >= 11 is 0. The van der Waals surface area contributed by atoms with E-state index in [1.54, 1.807) is 12.1 Å². The topological polar surface area (TPSA) is 61.6 Å². The molecular formula is C32H25NO4. The van der Waals surface area contributed by atoms with Crippen LogP contribution in [-0.2, 0) is 12.2 Å². The van der Waals surface area contributed by atoms with Gasteiger partial charge in [0.05, 0.1) is 11.0 Å². The summed E-state index contributed by atoms with van der Waals surface area (Å²) in [6.45, 7) is 0.306. The number of nitro groups is 1. The van der Waals surface area contributed by atoms with E-state index in [0.29, 0.717) is 12.4 Å². The Balaban J connectivity index is 1.61. The summed E-state index contributed by atoms with van der Waals surface area (Å²) in [5.74, 6) is 0.543. The highest BCUT2D eigenvalue weighted by atomic mass is 16.6. The minimum atomic E-state index is -1.12. The monoisotopic (exact) mass is 487 g/mol. The minimum absolute atomic E-state index is 0.147. The Morgan fingerprint density at radius 2 is 1.08 bits per heavy atom. The molecule has 0 saturated heterocycles. The van der Waals surface area contributed by atoms with Gasteiger partial charge in [-0.05, 0) is 17.7 Å². The number of nitro benzene ring substituents is 1. The Morgan fingerprint density at radius 1 is 0.622 bits per heavy atom. The van der Waals surface area contributed by atoms with Crippen LogP contribution < -0.4 is 9.47 Å². The molecule has 5 aromatic carbocycles. The molecule has 0 atom stereocenters. The van der Waals surface area contributed by atoms with Gasteiger partial charge in [-0.15, -0.1) is 0 Å². The summed E-state index contributed by atoms with van der Waals surface area (Å²) in [6.07, 6.45) is 0. The molecule has 5 rings (SSSR count). The quantitative estimate of drug-likeness (QED) is 0.122. The molecule has 0 aliphatic carbocycles. The van der Waals surface area contributed by atoms with Gasteiger partial charge in [-0.1, -0.05) is 121 Å². The number of hydrogen-bond donors (Lipinski definition) is 0. The maximum Gasteiger partial charge on any atom is 0.314 e. The Kier molecular flexibility index (Phi) is 6.95. The zero-order valence-electron chi connectivity index (χ0n) is 20.1. The van der Waals surface area contributed by atoms with Crippen molar-refractivity contribution in [3.05, 3.63) is 172 Å². The van der Waals surface area contributed by atoms with Crippen LogP contribution in [0, 0.1) is 10.1 Å². The van der Waals surface area contributed by atoms with Gasteiger partial charge in [-0.25, -0.2) is 0 Å². The van der Waals surface area contributed by atoms with Crippen molar-refractivity contribution in [2.24, 2.45) is 0 Å². The molecule has 0 amide bonds. The second kappa shape index (κ2) is 10.8. The van der Waals surface area contributed by atoms with Crippen LogP contribution in [0.3, 0.4) is 0 Å². The van der Waals surface area contributed by atoms with Crippen molar-refractivity contribution >= 4 is 5.69 Å². The van der Waals surface area contributed by atoms with Gasteiger partial charge in [-0.3, -0.25) is 10.1 Å². The summed E-state index contributed by atoms with van der Waals surface area (Å²) in [5.41, 5.74) is 2.24. The number of hydrogen-bond acceptors (Lipinski definition) is 4. The van der Waals surface area contributed by atoms with E-state index in [1.807, 2.05) is 121 Å². The molecule has 0 spiro atoms. The molecule has 0 N–H and O–H groups in total. The average molecular weight is 488 g/mol. The fourth-order valence-electron chi connectivity index (χ4n) is 4.42. The van der Waals surface area contributed by atoms with E-state index in [4.69, 9.17) is 9.47 Å². The molecular weight excluding hydrogens is 462 g/mol. The first-order valence-electron chi connectivity index (χ1n) is 12.0. The largest absolute Gasteiger partial charge is 0.489 e. The van der Waals surface area contributed by atoms with E-state index in [-0.39, 0.29) is 11.4 Å². The second-order valence-electron chi connectivity index (χ2n) is 8.54. The third kappa shape index (κ3) is 5.07. The normalized spacial score (nSPS) is 11.0. The van der Waals surface area contributed by atoms with E-state index >= 15 is 0 Å². The second-order valence-corrected chi connectivity index (χ2v) is 8.54. The standard InChI is InChI=1S/C32H25NO4/c34-33(35)30-23-29(36-24-25-13-5-1-6-14-25)21-22-31(30)37-32(26-15-7-2-8-16-26,27-17-9-3-10-18-27)28-19-11-4-12-20-28/h1-23H,24H2. The Morgan fingerprint density at radius 3 is 1.54 bits per heavy atom. The molecule has 0 aromatic heterocycles. The number of benzene rings is 5. The summed E-state index contributed by atoms with van der Waals surface area (Å²) in [7, 11) is 0. The van der Waals surface area contributed by atoms with Crippen LogP contribution in [0.2, 0.25) is 0 Å². The molecule has 0 unspecified atom stereocenters. The fourth-order valence-corrected chi connectivity index (χ4v) is 4.42. The lowest BCUT2D eigenvalue weighted by atomic mass is 9.80. The van der Waals surface area contributed by atoms with Gasteiger partial charge in [0.2, 0.25) is 0 Å². The van der Waals surface area contributed by atoms with E-state index in [2.05, 4.69) is 0 Å². The van der Waals surface area contributed by atoms with Crippen LogP contribution in [0.1, 0.15) is 22.3 Å². The lowest BCUT2D eigenvalue weighted by Crippen LogP contribution is -2.36. The third-order valence-electron chi connectivity index (χ3n) is 6.18. The van der Waals surface area contributed by atoms with Crippen molar-refractivity contribution in [1.82, 2.24) is 0 Å². The molecule has 0 aliphatic heterocycles. The van der Waals surface area contributed by atoms with Gasteiger partial charge in [0, 0.05) is 16.7 Å². The first-order valence-corrected chi connectivity index (χ1v) is 12.0. The van der Waals surface area contributed by atoms with Crippen LogP contribution in [0.5, 0.6) is 11.5 Å². The van der Waals surface area contributed by atoms with Crippen molar-refractivity contribution in [1.29, 1.82) is 0 Å². The Bertz CT molecular complexity index is 1360. The molecule has 0 fully saturated rings. The van der Waals surface area contributed by atoms with E-state index in [0.717, 1.165) is 22.3 Å². The maximum atomic E-state index is 12.2. The average Bonchev–Trinajstić information content (AvgIpc) is 2.97. The maximum absolute atomic E-state index is 12.2. The molecule has 0 radical (unpaired) electrons. The Labute approximate surface area is 215 Å². The first-order chi connectivity index (χ1) is 18.2. The summed E-state index contributed by atoms with van der Waals surface area (Å²) in [6, 6.07) is 43.7. The van der Waals surface area contributed by atoms with Crippen molar-refractivity contribution in [3.8, 4) is 11.5 Å². The summed E-state index contributed by atoms with van der Waals surface area (Å²) < 4.78 is 12.6. The molecule has 37 heavy (non-hydrogen) atoms. The molecule has 0 bridgehead atoms. The van der Waals surface area contributed by atoms with Gasteiger partial charge in [0.25, 0.3) is 0 Å². The zero-order valence-corrected chi connectivity index (χ0v) is 20.1. The fraction of sp³-hybridized carbons (Fsp3) is 0.0625. The lowest BCUT2D eigenvalue weighted by Gasteiger charge is -2.36. The SMILES string of the molecule is O=[N+]([O-])c1cc(OCc2ccccc2)ccc1OC(c1ccccc1)(c1ccccc1)c1ccccc1. The minimum Gasteiger partial charge on any atom is -0.489 e. The molecule has 5 aromatic rings. The molecule has 5 nitrogen and oxygen atoms in total. The molecule has 0 heterocycles. The lowest BCUT2D eigenvalue weighted by molar-refractivity contribution is -0.386. The summed E-state index contributed by atoms with van der Waals surface area (Å²) in [4.78, 5) is 11.8. The molecule has 0 saturated carbocycles. The van der Waals surface area contributed by atoms with Crippen molar-refractivity contribution in [3.63, 3.8) is 0 Å². The summed E-state index contributed by atoms with van der Waals surface area (Å²) in [5, 5.41) is 12.2. The van der Waals surface area contributed by atoms with Crippen LogP contribution >= 0.6 is 0 Å². The van der Waals surface area contributed by atoms with Gasteiger partial charge in [-0.2, -0.15) is 0 Å². The van der Waals surface area contributed by atoms with Gasteiger partial charge in [0.15, 0.2) is 11.4 Å². The van der Waals surface area contributed by atoms with E-state index < -0.39 is 10.5 Å². The highest BCUT2D eigenvalue weighted by Crippen LogP contribution is 2.44. The molecule has 182 valence electrons. The molecule has 5 heteroatoms. The smallest absolute Gasteiger partial charge is 0.314 e. The van der Waals surface area contributed by atoms with Crippen LogP contribution in [0.25, 0.3) is 0 Å². The zero-order chi connectivity index (χ0) is 25.5. The van der Waals surface area contributed by atoms with Crippen LogP contribution in [0.15, 0.2) is 140 Å². The van der Waals surface area contributed by atoms with Gasteiger partial charge >= 0.3 is 5.69 Å². The van der Waals surface area contributed by atoms with Crippen molar-refractivity contribution < 1.29 is 14.4 Å².